The van der Waals surface area contributed by atoms with Gasteiger partial charge in [0.2, 0.25) is 0 Å². The van der Waals surface area contributed by atoms with E-state index in [0.717, 1.165) is 11.3 Å². The molecule has 1 aromatic rings. The molecule has 92 valence electrons. The Hall–Kier alpha value is -2.41. The van der Waals surface area contributed by atoms with Crippen LogP contribution in [0.4, 0.5) is 5.69 Å². The van der Waals surface area contributed by atoms with E-state index in [1.807, 2.05) is 24.4 Å². The maximum Gasteiger partial charge on any atom is 0.0630 e. The molecule has 1 heteroatoms. The van der Waals surface area contributed by atoms with Gasteiger partial charge in [0.15, 0.2) is 0 Å². The van der Waals surface area contributed by atoms with Crippen molar-refractivity contribution in [2.75, 3.05) is 0 Å². The van der Waals surface area contributed by atoms with Gasteiger partial charge < -0.3 is 0 Å². The lowest BCUT2D eigenvalue weighted by molar-refractivity contribution is 1.44. The molecular formula is C18H15N. The molecule has 2 aliphatic rings. The summed E-state index contributed by atoms with van der Waals surface area (Å²) in [5.74, 6) is 0. The van der Waals surface area contributed by atoms with Crippen LogP contribution in [0.5, 0.6) is 0 Å². The topological polar surface area (TPSA) is 12.4 Å². The first-order chi connectivity index (χ1) is 9.33. The molecular weight excluding hydrogens is 230 g/mol. The van der Waals surface area contributed by atoms with Crippen LogP contribution in [0.3, 0.4) is 0 Å². The number of aryl methyl sites for hydroxylation is 1. The van der Waals surface area contributed by atoms with Crippen LogP contribution >= 0.6 is 0 Å². The molecule has 0 saturated heterocycles. The summed E-state index contributed by atoms with van der Waals surface area (Å²) >= 11 is 0. The van der Waals surface area contributed by atoms with E-state index in [1.54, 1.807) is 0 Å². The lowest BCUT2D eigenvalue weighted by atomic mass is 10.1. The van der Waals surface area contributed by atoms with Gasteiger partial charge in [-0.3, -0.25) is 4.99 Å². The molecule has 19 heavy (non-hydrogen) atoms. The minimum Gasteiger partial charge on any atom is -0.256 e. The van der Waals surface area contributed by atoms with Crippen LogP contribution in [-0.4, -0.2) is 6.21 Å². The Morgan fingerprint density at radius 3 is 2.42 bits per heavy atom. The molecule has 0 aromatic heterocycles. The minimum absolute atomic E-state index is 0.986. The van der Waals surface area contributed by atoms with E-state index in [1.165, 1.54) is 16.7 Å². The van der Waals surface area contributed by atoms with Crippen LogP contribution in [0.25, 0.3) is 11.1 Å². The fourth-order valence-corrected chi connectivity index (χ4v) is 2.13. The van der Waals surface area contributed by atoms with Gasteiger partial charge in [-0.2, -0.15) is 0 Å². The van der Waals surface area contributed by atoms with Gasteiger partial charge in [0.1, 0.15) is 0 Å². The van der Waals surface area contributed by atoms with Crippen LogP contribution in [0.15, 0.2) is 71.7 Å². The molecule has 0 atom stereocenters. The number of fused-ring (bicyclic) bond motifs is 1. The quantitative estimate of drug-likeness (QED) is 0.572. The summed E-state index contributed by atoms with van der Waals surface area (Å²) in [5, 5.41) is 0. The molecule has 2 aliphatic carbocycles. The highest BCUT2D eigenvalue weighted by Crippen LogP contribution is 2.26. The Labute approximate surface area is 113 Å². The second-order valence-corrected chi connectivity index (χ2v) is 4.66. The summed E-state index contributed by atoms with van der Waals surface area (Å²) in [5.41, 5.74) is 5.88. The normalized spacial score (nSPS) is 11.2. The van der Waals surface area contributed by atoms with Crippen molar-refractivity contribution in [3.63, 3.8) is 0 Å². The maximum absolute atomic E-state index is 4.54. The highest BCUT2D eigenvalue weighted by atomic mass is 14.7. The molecule has 0 unspecified atom stereocenters. The first kappa shape index (κ1) is 11.7. The first-order valence-corrected chi connectivity index (χ1v) is 6.41. The lowest BCUT2D eigenvalue weighted by Gasteiger charge is -1.96. The van der Waals surface area contributed by atoms with E-state index in [9.17, 15) is 0 Å². The third-order valence-electron chi connectivity index (χ3n) is 3.21. The molecule has 0 bridgehead atoms. The SMILES string of the molecule is Cc1ccc(N=Cc2ccc3cccccc2-3)cc1. The van der Waals surface area contributed by atoms with Gasteiger partial charge in [0.05, 0.1) is 5.69 Å². The third-order valence-corrected chi connectivity index (χ3v) is 3.21. The van der Waals surface area contributed by atoms with Crippen LogP contribution < -0.4 is 0 Å². The van der Waals surface area contributed by atoms with Crippen LogP contribution in [-0.2, 0) is 0 Å². The smallest absolute Gasteiger partial charge is 0.0630 e. The van der Waals surface area contributed by atoms with E-state index in [2.05, 4.69) is 60.4 Å². The minimum atomic E-state index is 0.986. The number of rotatable bonds is 2. The van der Waals surface area contributed by atoms with Gasteiger partial charge in [-0.25, -0.2) is 0 Å². The fraction of sp³-hybridized carbons (Fsp3) is 0.0556. The predicted octanol–water partition coefficient (Wildman–Crippen LogP) is 4.85. The fourth-order valence-electron chi connectivity index (χ4n) is 2.13. The summed E-state index contributed by atoms with van der Waals surface area (Å²) in [6.45, 7) is 2.08. The van der Waals surface area contributed by atoms with Gasteiger partial charge in [0, 0.05) is 11.8 Å². The van der Waals surface area contributed by atoms with Crippen molar-refractivity contribution in [3.05, 3.63) is 77.9 Å². The Kier molecular flexibility index (Phi) is 3.11. The molecule has 0 spiro atoms. The highest BCUT2D eigenvalue weighted by molar-refractivity contribution is 5.93. The molecule has 0 aliphatic heterocycles. The van der Waals surface area contributed by atoms with E-state index in [0.29, 0.717) is 0 Å². The van der Waals surface area contributed by atoms with Crippen LogP contribution in [0.1, 0.15) is 11.1 Å². The second kappa shape index (κ2) is 5.07. The van der Waals surface area contributed by atoms with Crippen molar-refractivity contribution < 1.29 is 0 Å². The van der Waals surface area contributed by atoms with E-state index >= 15 is 0 Å². The molecule has 0 amide bonds. The Morgan fingerprint density at radius 2 is 1.58 bits per heavy atom. The largest absolute Gasteiger partial charge is 0.256 e. The Morgan fingerprint density at radius 1 is 0.789 bits per heavy atom. The van der Waals surface area contributed by atoms with Crippen molar-refractivity contribution in [1.82, 2.24) is 0 Å². The molecule has 0 radical (unpaired) electrons. The molecule has 0 heterocycles. The van der Waals surface area contributed by atoms with Crippen molar-refractivity contribution in [2.45, 2.75) is 6.92 Å². The van der Waals surface area contributed by atoms with Gasteiger partial charge in [0.25, 0.3) is 0 Å². The average molecular weight is 245 g/mol. The molecule has 1 aromatic carbocycles. The van der Waals surface area contributed by atoms with Gasteiger partial charge >= 0.3 is 0 Å². The van der Waals surface area contributed by atoms with Crippen molar-refractivity contribution in [2.24, 2.45) is 4.99 Å². The monoisotopic (exact) mass is 245 g/mol. The van der Waals surface area contributed by atoms with Crippen LogP contribution in [0.2, 0.25) is 0 Å². The van der Waals surface area contributed by atoms with Crippen molar-refractivity contribution in [1.29, 1.82) is 0 Å². The number of hydrogen-bond donors (Lipinski definition) is 0. The van der Waals surface area contributed by atoms with Gasteiger partial charge in [-0.05, 0) is 30.2 Å². The van der Waals surface area contributed by atoms with Crippen LogP contribution in [0, 0.1) is 6.92 Å². The third kappa shape index (κ3) is 2.55. The average Bonchev–Trinajstić information content (AvgIpc) is 2.66. The molecule has 0 fully saturated rings. The maximum atomic E-state index is 4.54. The summed E-state index contributed by atoms with van der Waals surface area (Å²) in [6, 6.07) is 22.9. The Bertz CT molecular complexity index is 680. The predicted molar refractivity (Wildman–Crippen MR) is 81.5 cm³/mol. The number of nitrogens with zero attached hydrogens (tertiary/aromatic N) is 1. The van der Waals surface area contributed by atoms with E-state index in [4.69, 9.17) is 0 Å². The highest BCUT2D eigenvalue weighted by Gasteiger charge is 2.04. The summed E-state index contributed by atoms with van der Waals surface area (Å²) in [4.78, 5) is 4.54. The zero-order chi connectivity index (χ0) is 13.1. The zero-order valence-electron chi connectivity index (χ0n) is 10.9. The standard InChI is InChI=1S/C18H15N/c1-14-7-11-17(12-8-14)19-13-16-10-9-15-5-3-2-4-6-18(15)16/h2-13H,1H3. The summed E-state index contributed by atoms with van der Waals surface area (Å²) in [7, 11) is 0. The van der Waals surface area contributed by atoms with E-state index in [-0.39, 0.29) is 0 Å². The lowest BCUT2D eigenvalue weighted by Crippen LogP contribution is -1.79. The second-order valence-electron chi connectivity index (χ2n) is 4.66. The molecule has 3 rings (SSSR count). The summed E-state index contributed by atoms with van der Waals surface area (Å²) in [6.07, 6.45) is 1.94. The summed E-state index contributed by atoms with van der Waals surface area (Å²) < 4.78 is 0. The van der Waals surface area contributed by atoms with Gasteiger partial charge in [-0.1, -0.05) is 60.2 Å². The molecule has 0 N–H and O–H groups in total. The first-order valence-electron chi connectivity index (χ1n) is 6.41. The molecule has 0 saturated carbocycles. The number of benzene rings is 1. The van der Waals surface area contributed by atoms with E-state index < -0.39 is 0 Å². The van der Waals surface area contributed by atoms with Crippen molar-refractivity contribution >= 4 is 11.9 Å². The Balaban J connectivity index is 1.93. The van der Waals surface area contributed by atoms with Crippen molar-refractivity contribution in [3.8, 4) is 11.1 Å². The van der Waals surface area contributed by atoms with Gasteiger partial charge in [-0.15, -0.1) is 0 Å². The zero-order valence-corrected chi connectivity index (χ0v) is 10.9. The number of hydrogen-bond acceptors (Lipinski definition) is 1. The number of aliphatic imine (C=N–C) groups is 1. The molecule has 1 nitrogen and oxygen atoms in total.